The van der Waals surface area contributed by atoms with Crippen LogP contribution in [0.4, 0.5) is 0 Å². The molecule has 1 atom stereocenters. The standard InChI is InChI=1S/C25H32N2O4/c1-17(2)23(27-24(29)21-8-6-5-7-19(21)4)25(30)31-16-15-26-22(28)14-13-20-11-9-18(3)10-12-20/h5-12,17,23H,13-16H2,1-4H3,(H,26,28)(H,27,29). The van der Waals surface area contributed by atoms with E-state index in [-0.39, 0.29) is 30.9 Å². The van der Waals surface area contributed by atoms with Crippen LogP contribution in [0.5, 0.6) is 0 Å². The molecule has 0 fully saturated rings. The summed E-state index contributed by atoms with van der Waals surface area (Å²) in [5, 5.41) is 5.52. The summed E-state index contributed by atoms with van der Waals surface area (Å²) in [4.78, 5) is 37.0. The molecular formula is C25H32N2O4. The van der Waals surface area contributed by atoms with Crippen molar-refractivity contribution in [2.75, 3.05) is 13.2 Å². The molecule has 0 aromatic heterocycles. The van der Waals surface area contributed by atoms with E-state index in [9.17, 15) is 14.4 Å². The van der Waals surface area contributed by atoms with E-state index in [0.717, 1.165) is 11.1 Å². The first kappa shape index (κ1) is 24.1. The van der Waals surface area contributed by atoms with E-state index < -0.39 is 12.0 Å². The number of rotatable bonds is 10. The number of carbonyl (C=O) groups is 3. The number of amides is 2. The minimum absolute atomic E-state index is 0.0541. The van der Waals surface area contributed by atoms with Crippen LogP contribution in [0.2, 0.25) is 0 Å². The molecule has 0 radical (unpaired) electrons. The van der Waals surface area contributed by atoms with Crippen LogP contribution in [0.3, 0.4) is 0 Å². The minimum atomic E-state index is -0.760. The summed E-state index contributed by atoms with van der Waals surface area (Å²) in [5.41, 5.74) is 3.66. The van der Waals surface area contributed by atoms with E-state index >= 15 is 0 Å². The fraction of sp³-hybridized carbons (Fsp3) is 0.400. The SMILES string of the molecule is Cc1ccc(CCC(=O)NCCOC(=O)C(NC(=O)c2ccccc2C)C(C)C)cc1. The normalized spacial score (nSPS) is 11.6. The highest BCUT2D eigenvalue weighted by atomic mass is 16.5. The number of hydrogen-bond donors (Lipinski definition) is 2. The second-order valence-electron chi connectivity index (χ2n) is 8.01. The van der Waals surface area contributed by atoms with Gasteiger partial charge < -0.3 is 15.4 Å². The Morgan fingerprint density at radius 1 is 0.968 bits per heavy atom. The van der Waals surface area contributed by atoms with E-state index in [1.807, 2.05) is 64.1 Å². The summed E-state index contributed by atoms with van der Waals surface area (Å²) in [6.07, 6.45) is 1.03. The Labute approximate surface area is 184 Å². The zero-order chi connectivity index (χ0) is 22.8. The fourth-order valence-electron chi connectivity index (χ4n) is 3.08. The average molecular weight is 425 g/mol. The fourth-order valence-corrected chi connectivity index (χ4v) is 3.08. The van der Waals surface area contributed by atoms with Crippen molar-refractivity contribution in [1.82, 2.24) is 10.6 Å². The predicted octanol–water partition coefficient (Wildman–Crippen LogP) is 3.35. The smallest absolute Gasteiger partial charge is 0.328 e. The quantitative estimate of drug-likeness (QED) is 0.453. The highest BCUT2D eigenvalue weighted by molar-refractivity contribution is 5.98. The molecule has 1 unspecified atom stereocenters. The molecule has 0 aliphatic carbocycles. The zero-order valence-corrected chi connectivity index (χ0v) is 18.7. The van der Waals surface area contributed by atoms with Crippen molar-refractivity contribution in [1.29, 1.82) is 0 Å². The zero-order valence-electron chi connectivity index (χ0n) is 18.7. The maximum absolute atomic E-state index is 12.5. The van der Waals surface area contributed by atoms with Crippen LogP contribution in [0, 0.1) is 19.8 Å². The van der Waals surface area contributed by atoms with E-state index in [1.54, 1.807) is 12.1 Å². The number of hydrogen-bond acceptors (Lipinski definition) is 4. The molecule has 6 heteroatoms. The summed E-state index contributed by atoms with van der Waals surface area (Å²) >= 11 is 0. The Balaban J connectivity index is 1.74. The first-order valence-electron chi connectivity index (χ1n) is 10.6. The monoisotopic (exact) mass is 424 g/mol. The van der Waals surface area contributed by atoms with Crippen molar-refractivity contribution in [3.63, 3.8) is 0 Å². The van der Waals surface area contributed by atoms with Crippen LogP contribution >= 0.6 is 0 Å². The largest absolute Gasteiger partial charge is 0.462 e. The number of ether oxygens (including phenoxy) is 1. The molecule has 0 bridgehead atoms. The third kappa shape index (κ3) is 7.89. The van der Waals surface area contributed by atoms with Gasteiger partial charge in [0.25, 0.3) is 5.91 Å². The maximum Gasteiger partial charge on any atom is 0.328 e. The summed E-state index contributed by atoms with van der Waals surface area (Å²) in [6, 6.07) is 14.5. The lowest BCUT2D eigenvalue weighted by atomic mass is 10.0. The molecule has 0 aliphatic rings. The summed E-state index contributed by atoms with van der Waals surface area (Å²) < 4.78 is 5.29. The lowest BCUT2D eigenvalue weighted by Gasteiger charge is -2.21. The predicted molar refractivity (Wildman–Crippen MR) is 121 cm³/mol. The first-order valence-corrected chi connectivity index (χ1v) is 10.6. The lowest BCUT2D eigenvalue weighted by molar-refractivity contribution is -0.147. The Kier molecular flexibility index (Phi) is 9.25. The molecular weight excluding hydrogens is 392 g/mol. The molecule has 2 amide bonds. The van der Waals surface area contributed by atoms with Crippen LogP contribution in [-0.4, -0.2) is 37.0 Å². The molecule has 2 rings (SSSR count). The van der Waals surface area contributed by atoms with Gasteiger partial charge >= 0.3 is 5.97 Å². The van der Waals surface area contributed by atoms with Gasteiger partial charge in [-0.25, -0.2) is 4.79 Å². The number of aryl methyl sites for hydroxylation is 3. The molecule has 0 heterocycles. The van der Waals surface area contributed by atoms with Gasteiger partial charge in [-0.15, -0.1) is 0 Å². The average Bonchev–Trinajstić information content (AvgIpc) is 2.74. The van der Waals surface area contributed by atoms with Crippen LogP contribution in [0.1, 0.15) is 47.3 Å². The van der Waals surface area contributed by atoms with Gasteiger partial charge in [0.15, 0.2) is 0 Å². The molecule has 2 aromatic rings. The minimum Gasteiger partial charge on any atom is -0.462 e. The van der Waals surface area contributed by atoms with Gasteiger partial charge in [-0.3, -0.25) is 9.59 Å². The Morgan fingerprint density at radius 2 is 1.65 bits per heavy atom. The summed E-state index contributed by atoms with van der Waals surface area (Å²) in [7, 11) is 0. The Hall–Kier alpha value is -3.15. The van der Waals surface area contributed by atoms with Gasteiger partial charge in [0, 0.05) is 12.0 Å². The molecule has 2 N–H and O–H groups in total. The second-order valence-corrected chi connectivity index (χ2v) is 8.01. The van der Waals surface area contributed by atoms with Gasteiger partial charge in [0.1, 0.15) is 12.6 Å². The van der Waals surface area contributed by atoms with Crippen molar-refractivity contribution < 1.29 is 19.1 Å². The van der Waals surface area contributed by atoms with Gasteiger partial charge in [0.05, 0.1) is 6.54 Å². The number of nitrogens with one attached hydrogen (secondary N) is 2. The van der Waals surface area contributed by atoms with Crippen LogP contribution in [0.25, 0.3) is 0 Å². The van der Waals surface area contributed by atoms with Crippen molar-refractivity contribution in [3.8, 4) is 0 Å². The van der Waals surface area contributed by atoms with Gasteiger partial charge in [0.2, 0.25) is 5.91 Å². The summed E-state index contributed by atoms with van der Waals surface area (Å²) in [6.45, 7) is 7.84. The highest BCUT2D eigenvalue weighted by Crippen LogP contribution is 2.10. The van der Waals surface area contributed by atoms with E-state index in [4.69, 9.17) is 4.74 Å². The van der Waals surface area contributed by atoms with Gasteiger partial charge in [-0.1, -0.05) is 61.9 Å². The van der Waals surface area contributed by atoms with Crippen molar-refractivity contribution in [2.24, 2.45) is 5.92 Å². The molecule has 2 aromatic carbocycles. The van der Waals surface area contributed by atoms with Crippen molar-refractivity contribution in [3.05, 3.63) is 70.8 Å². The molecule has 166 valence electrons. The van der Waals surface area contributed by atoms with Crippen LogP contribution < -0.4 is 10.6 Å². The third-order valence-electron chi connectivity index (χ3n) is 5.03. The summed E-state index contributed by atoms with van der Waals surface area (Å²) in [5.74, 6) is -1.04. The Morgan fingerprint density at radius 3 is 2.29 bits per heavy atom. The van der Waals surface area contributed by atoms with Gasteiger partial charge in [-0.05, 0) is 43.4 Å². The topological polar surface area (TPSA) is 84.5 Å². The molecule has 31 heavy (non-hydrogen) atoms. The van der Waals surface area contributed by atoms with Crippen molar-refractivity contribution >= 4 is 17.8 Å². The number of benzene rings is 2. The first-order chi connectivity index (χ1) is 14.8. The number of carbonyl (C=O) groups excluding carboxylic acids is 3. The molecule has 0 saturated heterocycles. The van der Waals surface area contributed by atoms with E-state index in [0.29, 0.717) is 18.4 Å². The van der Waals surface area contributed by atoms with Crippen molar-refractivity contribution in [2.45, 2.75) is 46.6 Å². The molecule has 0 aliphatic heterocycles. The van der Waals surface area contributed by atoms with E-state index in [1.165, 1.54) is 5.56 Å². The molecule has 0 saturated carbocycles. The second kappa shape index (κ2) is 11.9. The lowest BCUT2D eigenvalue weighted by Crippen LogP contribution is -2.46. The number of esters is 1. The van der Waals surface area contributed by atoms with E-state index in [2.05, 4.69) is 10.6 Å². The molecule has 6 nitrogen and oxygen atoms in total. The van der Waals surface area contributed by atoms with Crippen LogP contribution in [-0.2, 0) is 20.7 Å². The molecule has 0 spiro atoms. The van der Waals surface area contributed by atoms with Gasteiger partial charge in [-0.2, -0.15) is 0 Å². The Bertz CT molecular complexity index is 891. The third-order valence-corrected chi connectivity index (χ3v) is 5.03. The highest BCUT2D eigenvalue weighted by Gasteiger charge is 2.26. The maximum atomic E-state index is 12.5. The van der Waals surface area contributed by atoms with Crippen LogP contribution in [0.15, 0.2) is 48.5 Å².